The van der Waals surface area contributed by atoms with Gasteiger partial charge in [0, 0.05) is 26.6 Å². The molecule has 0 aliphatic carbocycles. The highest BCUT2D eigenvalue weighted by molar-refractivity contribution is 7.91. The molecular weight excluding hydrogens is 342 g/mol. The number of amides is 2. The summed E-state index contributed by atoms with van der Waals surface area (Å²) in [5.74, 6) is 0.0895. The van der Waals surface area contributed by atoms with Crippen LogP contribution in [0.4, 0.5) is 11.4 Å². The largest absolute Gasteiger partial charge is 0.307 e. The Kier molecular flexibility index (Phi) is 4.83. The van der Waals surface area contributed by atoms with Crippen molar-refractivity contribution in [1.29, 1.82) is 0 Å². The molecule has 3 rings (SSSR count). The Balaban J connectivity index is 1.79. The summed E-state index contributed by atoms with van der Waals surface area (Å²) in [6.45, 7) is 4.85. The number of benzene rings is 1. The van der Waals surface area contributed by atoms with E-state index >= 15 is 0 Å². The molecule has 0 bridgehead atoms. The number of anilines is 2. The molecular formula is C17H23N3O4S. The smallest absolute Gasteiger partial charge is 0.241 e. The first kappa shape index (κ1) is 17.9. The molecule has 2 aliphatic rings. The fourth-order valence-electron chi connectivity index (χ4n) is 3.48. The van der Waals surface area contributed by atoms with Crippen molar-refractivity contribution in [3.05, 3.63) is 24.3 Å². The van der Waals surface area contributed by atoms with Gasteiger partial charge < -0.3 is 9.80 Å². The van der Waals surface area contributed by atoms with Crippen LogP contribution in [0.2, 0.25) is 0 Å². The minimum Gasteiger partial charge on any atom is -0.307 e. The Morgan fingerprint density at radius 3 is 2.32 bits per heavy atom. The van der Waals surface area contributed by atoms with Crippen LogP contribution in [0, 0.1) is 0 Å². The maximum absolute atomic E-state index is 12.8. The molecule has 0 saturated carbocycles. The van der Waals surface area contributed by atoms with Gasteiger partial charge in [-0.15, -0.1) is 0 Å². The Morgan fingerprint density at radius 2 is 1.72 bits per heavy atom. The molecule has 2 heterocycles. The predicted octanol–water partition coefficient (Wildman–Crippen LogP) is 0.505. The van der Waals surface area contributed by atoms with Crippen molar-refractivity contribution >= 4 is 33.0 Å². The average molecular weight is 365 g/mol. The van der Waals surface area contributed by atoms with E-state index in [2.05, 4.69) is 0 Å². The summed E-state index contributed by atoms with van der Waals surface area (Å²) in [4.78, 5) is 30.1. The molecule has 2 aliphatic heterocycles. The molecule has 1 saturated heterocycles. The molecule has 0 aromatic heterocycles. The van der Waals surface area contributed by atoms with Gasteiger partial charge in [-0.2, -0.15) is 0 Å². The van der Waals surface area contributed by atoms with Gasteiger partial charge in [0.05, 0.1) is 35.5 Å². The van der Waals surface area contributed by atoms with Crippen LogP contribution in [-0.2, 0) is 19.4 Å². The van der Waals surface area contributed by atoms with Gasteiger partial charge in [-0.1, -0.05) is 12.1 Å². The van der Waals surface area contributed by atoms with E-state index in [1.165, 1.54) is 6.92 Å². The maximum atomic E-state index is 12.8. The van der Waals surface area contributed by atoms with Crippen molar-refractivity contribution in [1.82, 2.24) is 4.90 Å². The van der Waals surface area contributed by atoms with Crippen LogP contribution in [0.3, 0.4) is 0 Å². The van der Waals surface area contributed by atoms with Crippen molar-refractivity contribution in [2.24, 2.45) is 0 Å². The highest BCUT2D eigenvalue weighted by Gasteiger charge is 2.34. The number of fused-ring (bicyclic) bond motifs is 1. The first-order valence-electron chi connectivity index (χ1n) is 8.40. The first-order valence-corrected chi connectivity index (χ1v) is 10.2. The minimum absolute atomic E-state index is 0.0479. The molecule has 0 unspecified atom stereocenters. The quantitative estimate of drug-likeness (QED) is 0.763. The van der Waals surface area contributed by atoms with E-state index in [0.717, 1.165) is 11.4 Å². The van der Waals surface area contributed by atoms with Crippen molar-refractivity contribution in [2.75, 3.05) is 47.5 Å². The number of hydrogen-bond acceptors (Lipinski definition) is 5. The molecule has 1 atom stereocenters. The number of rotatable bonds is 2. The minimum atomic E-state index is -2.96. The third-order valence-electron chi connectivity index (χ3n) is 4.76. The maximum Gasteiger partial charge on any atom is 0.241 e. The van der Waals surface area contributed by atoms with Gasteiger partial charge in [0.1, 0.15) is 0 Å². The molecule has 1 aromatic rings. The Hall–Kier alpha value is -1.93. The number of carbonyl (C=O) groups is 2. The van der Waals surface area contributed by atoms with E-state index in [-0.39, 0.29) is 35.9 Å². The number of carbonyl (C=O) groups excluding carboxylic acids is 2. The van der Waals surface area contributed by atoms with Crippen LogP contribution in [0.25, 0.3) is 0 Å². The molecule has 2 amide bonds. The van der Waals surface area contributed by atoms with Gasteiger partial charge in [-0.05, 0) is 19.1 Å². The summed E-state index contributed by atoms with van der Waals surface area (Å²) in [5.41, 5.74) is 1.47. The lowest BCUT2D eigenvalue weighted by Crippen LogP contribution is -2.54. The second-order valence-electron chi connectivity index (χ2n) is 6.66. The zero-order valence-corrected chi connectivity index (χ0v) is 15.3. The Morgan fingerprint density at radius 1 is 1.12 bits per heavy atom. The second kappa shape index (κ2) is 6.76. The molecule has 0 N–H and O–H groups in total. The lowest BCUT2D eigenvalue weighted by atomic mass is 10.1. The van der Waals surface area contributed by atoms with E-state index in [4.69, 9.17) is 0 Å². The highest BCUT2D eigenvalue weighted by atomic mass is 32.2. The second-order valence-corrected chi connectivity index (χ2v) is 8.96. The molecule has 7 nitrogen and oxygen atoms in total. The summed E-state index contributed by atoms with van der Waals surface area (Å²) in [5, 5.41) is 0. The van der Waals surface area contributed by atoms with E-state index < -0.39 is 9.84 Å². The van der Waals surface area contributed by atoms with Crippen molar-refractivity contribution < 1.29 is 18.0 Å². The van der Waals surface area contributed by atoms with Gasteiger partial charge in [0.25, 0.3) is 0 Å². The summed E-state index contributed by atoms with van der Waals surface area (Å²) < 4.78 is 23.1. The Bertz CT molecular complexity index is 779. The molecule has 1 aromatic carbocycles. The van der Waals surface area contributed by atoms with Crippen LogP contribution >= 0.6 is 0 Å². The lowest BCUT2D eigenvalue weighted by molar-refractivity contribution is -0.120. The van der Waals surface area contributed by atoms with Gasteiger partial charge in [-0.25, -0.2) is 8.42 Å². The molecule has 8 heteroatoms. The van der Waals surface area contributed by atoms with Crippen molar-refractivity contribution in [3.8, 4) is 0 Å². The Labute approximate surface area is 148 Å². The summed E-state index contributed by atoms with van der Waals surface area (Å²) in [7, 11) is -2.96. The monoisotopic (exact) mass is 365 g/mol. The van der Waals surface area contributed by atoms with Gasteiger partial charge in [0.2, 0.25) is 11.8 Å². The van der Waals surface area contributed by atoms with Crippen LogP contribution in [-0.4, -0.2) is 68.9 Å². The molecule has 136 valence electrons. The first-order chi connectivity index (χ1) is 11.8. The fraction of sp³-hybridized carbons (Fsp3) is 0.529. The van der Waals surface area contributed by atoms with Crippen LogP contribution in [0.5, 0.6) is 0 Å². The molecule has 25 heavy (non-hydrogen) atoms. The number of hydrogen-bond donors (Lipinski definition) is 0. The van der Waals surface area contributed by atoms with Crippen LogP contribution in [0.15, 0.2) is 24.3 Å². The normalized spacial score (nSPS) is 23.2. The molecule has 0 spiro atoms. The van der Waals surface area contributed by atoms with Crippen molar-refractivity contribution in [3.63, 3.8) is 0 Å². The van der Waals surface area contributed by atoms with Crippen molar-refractivity contribution in [2.45, 2.75) is 19.9 Å². The van der Waals surface area contributed by atoms with Gasteiger partial charge >= 0.3 is 0 Å². The van der Waals surface area contributed by atoms with E-state index in [1.54, 1.807) is 9.80 Å². The number of nitrogens with zero attached hydrogens (tertiary/aromatic N) is 3. The zero-order valence-electron chi connectivity index (χ0n) is 14.5. The number of sulfone groups is 1. The number of para-hydroxylation sites is 2. The van der Waals surface area contributed by atoms with Gasteiger partial charge in [-0.3, -0.25) is 14.5 Å². The molecule has 1 fully saturated rings. The average Bonchev–Trinajstić information content (AvgIpc) is 2.55. The third-order valence-corrected chi connectivity index (χ3v) is 6.37. The standard InChI is InChI=1S/C17H23N3O4S/c1-13-11-19(15-5-3-4-6-16(15)20(13)14(2)21)17(22)12-18-7-9-25(23,24)10-8-18/h3-6,13H,7-12H2,1-2H3/t13-/m0/s1. The zero-order chi connectivity index (χ0) is 18.2. The topological polar surface area (TPSA) is 78.0 Å². The highest BCUT2D eigenvalue weighted by Crippen LogP contribution is 2.35. The third kappa shape index (κ3) is 3.69. The van der Waals surface area contributed by atoms with E-state index in [1.807, 2.05) is 36.1 Å². The SMILES string of the molecule is CC(=O)N1c2ccccc2N(C(=O)CN2CCS(=O)(=O)CC2)C[C@@H]1C. The summed E-state index contributed by atoms with van der Waals surface area (Å²) in [6, 6.07) is 7.28. The predicted molar refractivity (Wildman–Crippen MR) is 96.5 cm³/mol. The van der Waals surface area contributed by atoms with Crippen LogP contribution in [0.1, 0.15) is 13.8 Å². The summed E-state index contributed by atoms with van der Waals surface area (Å²) in [6.07, 6.45) is 0. The van der Waals surface area contributed by atoms with E-state index in [0.29, 0.717) is 19.6 Å². The lowest BCUT2D eigenvalue weighted by Gasteiger charge is -2.41. The molecule has 0 radical (unpaired) electrons. The van der Waals surface area contributed by atoms with Gasteiger partial charge in [0.15, 0.2) is 9.84 Å². The van der Waals surface area contributed by atoms with Crippen LogP contribution < -0.4 is 9.80 Å². The van der Waals surface area contributed by atoms with E-state index in [9.17, 15) is 18.0 Å². The fourth-order valence-corrected chi connectivity index (χ4v) is 4.76. The summed E-state index contributed by atoms with van der Waals surface area (Å²) >= 11 is 0.